The van der Waals surface area contributed by atoms with Crippen molar-refractivity contribution < 1.29 is 18.0 Å². The van der Waals surface area contributed by atoms with Crippen LogP contribution in [-0.4, -0.2) is 35.1 Å². The Morgan fingerprint density at radius 2 is 1.84 bits per heavy atom. The number of hydrogen-bond acceptors (Lipinski definition) is 4. The van der Waals surface area contributed by atoms with Crippen LogP contribution < -0.4 is 15.5 Å². The number of halogens is 3. The van der Waals surface area contributed by atoms with E-state index in [9.17, 15) is 18.0 Å². The highest BCUT2D eigenvalue weighted by atomic mass is 19.4. The van der Waals surface area contributed by atoms with Crippen molar-refractivity contribution in [3.63, 3.8) is 0 Å². The molecule has 2 aromatic heterocycles. The largest absolute Gasteiger partial charge is 0.433 e. The Kier molecular flexibility index (Phi) is 5.67. The predicted molar refractivity (Wildman–Crippen MR) is 113 cm³/mol. The van der Waals surface area contributed by atoms with Crippen molar-refractivity contribution in [2.45, 2.75) is 32.0 Å². The Morgan fingerprint density at radius 1 is 1.06 bits per heavy atom. The Morgan fingerprint density at radius 3 is 2.52 bits per heavy atom. The van der Waals surface area contributed by atoms with Crippen molar-refractivity contribution in [1.82, 2.24) is 15.3 Å². The molecule has 0 bridgehead atoms. The van der Waals surface area contributed by atoms with Crippen molar-refractivity contribution in [2.75, 3.05) is 23.3 Å². The topological polar surface area (TPSA) is 70.2 Å². The Balaban J connectivity index is 1.33. The number of amides is 2. The molecule has 0 spiro atoms. The second-order valence-electron chi connectivity index (χ2n) is 7.56. The van der Waals surface area contributed by atoms with Gasteiger partial charge in [-0.15, -0.1) is 0 Å². The number of urea groups is 1. The van der Waals surface area contributed by atoms with Crippen LogP contribution in [0.15, 0.2) is 48.8 Å². The number of piperidine rings is 1. The molecule has 0 atom stereocenters. The van der Waals surface area contributed by atoms with E-state index in [4.69, 9.17) is 0 Å². The number of nitrogens with one attached hydrogen (secondary N) is 2. The zero-order valence-corrected chi connectivity index (χ0v) is 16.9. The summed E-state index contributed by atoms with van der Waals surface area (Å²) in [7, 11) is 0. The molecule has 1 saturated heterocycles. The van der Waals surface area contributed by atoms with Crippen LogP contribution >= 0.6 is 0 Å². The summed E-state index contributed by atoms with van der Waals surface area (Å²) in [6.45, 7) is 3.17. The molecule has 3 aromatic rings. The summed E-state index contributed by atoms with van der Waals surface area (Å²) >= 11 is 0. The summed E-state index contributed by atoms with van der Waals surface area (Å²) in [5, 5.41) is 7.82. The number of anilines is 2. The number of pyridine rings is 2. The van der Waals surface area contributed by atoms with Gasteiger partial charge in [-0.25, -0.2) is 9.78 Å². The monoisotopic (exact) mass is 429 g/mol. The van der Waals surface area contributed by atoms with Crippen LogP contribution in [0.25, 0.3) is 10.8 Å². The average Bonchev–Trinajstić information content (AvgIpc) is 2.74. The van der Waals surface area contributed by atoms with Crippen molar-refractivity contribution >= 4 is 28.2 Å². The number of alkyl halides is 3. The molecule has 31 heavy (non-hydrogen) atoms. The number of rotatable bonds is 3. The zero-order valence-electron chi connectivity index (χ0n) is 16.9. The van der Waals surface area contributed by atoms with Gasteiger partial charge in [0.15, 0.2) is 0 Å². The number of aromatic nitrogens is 2. The van der Waals surface area contributed by atoms with Gasteiger partial charge in [0, 0.05) is 41.8 Å². The molecule has 0 saturated carbocycles. The number of nitrogens with zero attached hydrogens (tertiary/aromatic N) is 3. The van der Waals surface area contributed by atoms with Crippen LogP contribution in [0, 0.1) is 6.92 Å². The third kappa shape index (κ3) is 4.70. The summed E-state index contributed by atoms with van der Waals surface area (Å²) in [5.74, 6) is 0. The van der Waals surface area contributed by atoms with E-state index in [1.54, 1.807) is 6.20 Å². The van der Waals surface area contributed by atoms with Gasteiger partial charge in [0.1, 0.15) is 5.69 Å². The number of fused-ring (bicyclic) bond motifs is 1. The molecule has 1 fully saturated rings. The fourth-order valence-electron chi connectivity index (χ4n) is 3.83. The lowest BCUT2D eigenvalue weighted by molar-refractivity contribution is -0.141. The lowest BCUT2D eigenvalue weighted by Crippen LogP contribution is -2.46. The van der Waals surface area contributed by atoms with Crippen molar-refractivity contribution in [2.24, 2.45) is 0 Å². The van der Waals surface area contributed by atoms with Crippen LogP contribution in [0.3, 0.4) is 0 Å². The van der Waals surface area contributed by atoms with Crippen molar-refractivity contribution in [3.05, 3.63) is 60.2 Å². The number of benzene rings is 1. The van der Waals surface area contributed by atoms with Gasteiger partial charge < -0.3 is 15.5 Å². The molecule has 6 nitrogen and oxygen atoms in total. The molecule has 2 amide bonds. The van der Waals surface area contributed by atoms with E-state index in [-0.39, 0.29) is 12.1 Å². The second kappa shape index (κ2) is 8.41. The first kappa shape index (κ1) is 20.9. The molecule has 0 unspecified atom stereocenters. The first-order chi connectivity index (χ1) is 14.8. The summed E-state index contributed by atoms with van der Waals surface area (Å²) in [5.41, 5.74) is 1.36. The zero-order chi connectivity index (χ0) is 22.0. The number of aryl methyl sites for hydroxylation is 1. The van der Waals surface area contributed by atoms with E-state index < -0.39 is 11.9 Å². The standard InChI is InChI=1S/C22H22F3N5O/c1-14-17-3-2-4-19(18(17)7-10-26-14)29-21(31)28-15-8-11-30(12-9-15)16-5-6-20(27-13-16)22(23,24)25/h2-7,10,13,15H,8-9,11-12H2,1H3,(H2,28,29,31). The van der Waals surface area contributed by atoms with Gasteiger partial charge in [-0.05, 0) is 44.0 Å². The molecule has 1 aliphatic heterocycles. The minimum absolute atomic E-state index is 0.0166. The van der Waals surface area contributed by atoms with Gasteiger partial charge in [0.2, 0.25) is 0 Å². The fraction of sp³-hybridized carbons (Fsp3) is 0.318. The Bertz CT molecular complexity index is 1080. The second-order valence-corrected chi connectivity index (χ2v) is 7.56. The van der Waals surface area contributed by atoms with E-state index in [0.29, 0.717) is 37.3 Å². The maximum Gasteiger partial charge on any atom is 0.433 e. The SMILES string of the molecule is Cc1nccc2c(NC(=O)NC3CCN(c4ccc(C(F)(F)F)nc4)CC3)cccc12. The van der Waals surface area contributed by atoms with Gasteiger partial charge in [0.05, 0.1) is 17.6 Å². The predicted octanol–water partition coefficient (Wildman–Crippen LogP) is 4.75. The third-order valence-electron chi connectivity index (χ3n) is 5.49. The lowest BCUT2D eigenvalue weighted by Gasteiger charge is -2.33. The van der Waals surface area contributed by atoms with Gasteiger partial charge in [-0.1, -0.05) is 12.1 Å². The first-order valence-corrected chi connectivity index (χ1v) is 10.0. The van der Waals surface area contributed by atoms with E-state index >= 15 is 0 Å². The van der Waals surface area contributed by atoms with Crippen LogP contribution in [0.1, 0.15) is 24.2 Å². The molecule has 0 radical (unpaired) electrons. The molecular formula is C22H22F3N5O. The Hall–Kier alpha value is -3.36. The maximum absolute atomic E-state index is 12.7. The fourth-order valence-corrected chi connectivity index (χ4v) is 3.83. The summed E-state index contributed by atoms with van der Waals surface area (Å²) in [6, 6.07) is 9.70. The molecular weight excluding hydrogens is 407 g/mol. The molecule has 162 valence electrons. The molecule has 1 aliphatic rings. The summed E-state index contributed by atoms with van der Waals surface area (Å²) in [6.07, 6.45) is -0.102. The highest BCUT2D eigenvalue weighted by Gasteiger charge is 2.32. The molecule has 0 aliphatic carbocycles. The quantitative estimate of drug-likeness (QED) is 0.631. The number of carbonyl (C=O) groups is 1. The van der Waals surface area contributed by atoms with E-state index in [0.717, 1.165) is 22.5 Å². The third-order valence-corrected chi connectivity index (χ3v) is 5.49. The number of hydrogen-bond donors (Lipinski definition) is 2. The van der Waals surface area contributed by atoms with E-state index in [1.807, 2.05) is 36.1 Å². The number of carbonyl (C=O) groups excluding carboxylic acids is 1. The molecule has 4 rings (SSSR count). The molecule has 3 heterocycles. The molecule has 9 heteroatoms. The van der Waals surface area contributed by atoms with Crippen LogP contribution in [0.4, 0.5) is 29.3 Å². The molecule has 1 aromatic carbocycles. The smallest absolute Gasteiger partial charge is 0.370 e. The normalized spacial score (nSPS) is 15.2. The van der Waals surface area contributed by atoms with E-state index in [1.165, 1.54) is 12.3 Å². The van der Waals surface area contributed by atoms with Gasteiger partial charge in [-0.2, -0.15) is 13.2 Å². The highest BCUT2D eigenvalue weighted by Crippen LogP contribution is 2.29. The Labute approximate surface area is 177 Å². The van der Waals surface area contributed by atoms with E-state index in [2.05, 4.69) is 20.6 Å². The van der Waals surface area contributed by atoms with Crippen LogP contribution in [-0.2, 0) is 6.18 Å². The highest BCUT2D eigenvalue weighted by molar-refractivity contribution is 6.02. The van der Waals surface area contributed by atoms with Gasteiger partial charge in [-0.3, -0.25) is 4.98 Å². The van der Waals surface area contributed by atoms with Gasteiger partial charge >= 0.3 is 12.2 Å². The van der Waals surface area contributed by atoms with Crippen LogP contribution in [0.2, 0.25) is 0 Å². The van der Waals surface area contributed by atoms with Crippen molar-refractivity contribution in [1.29, 1.82) is 0 Å². The van der Waals surface area contributed by atoms with Crippen LogP contribution in [0.5, 0.6) is 0 Å². The van der Waals surface area contributed by atoms with Crippen molar-refractivity contribution in [3.8, 4) is 0 Å². The average molecular weight is 429 g/mol. The summed E-state index contributed by atoms with van der Waals surface area (Å²) in [4.78, 5) is 22.3. The minimum Gasteiger partial charge on any atom is -0.370 e. The summed E-state index contributed by atoms with van der Waals surface area (Å²) < 4.78 is 38.0. The maximum atomic E-state index is 12.7. The minimum atomic E-state index is -4.44. The van der Waals surface area contributed by atoms with Gasteiger partial charge in [0.25, 0.3) is 0 Å². The first-order valence-electron chi connectivity index (χ1n) is 10.0. The molecule has 2 N–H and O–H groups in total. The lowest BCUT2D eigenvalue weighted by atomic mass is 10.0.